The lowest BCUT2D eigenvalue weighted by atomic mass is 10.0. The highest BCUT2D eigenvalue weighted by atomic mass is 16.2. The molecule has 1 aromatic carbocycles. The molecule has 19 heavy (non-hydrogen) atoms. The number of hydrogen-bond acceptors (Lipinski definition) is 2. The van der Waals surface area contributed by atoms with Crippen molar-refractivity contribution in [1.29, 1.82) is 0 Å². The lowest BCUT2D eigenvalue weighted by Crippen LogP contribution is -2.47. The van der Waals surface area contributed by atoms with Gasteiger partial charge in [0.1, 0.15) is 0 Å². The van der Waals surface area contributed by atoms with Gasteiger partial charge >= 0.3 is 0 Å². The van der Waals surface area contributed by atoms with Crippen LogP contribution in [0.4, 0.5) is 0 Å². The molecular weight excluding hydrogens is 236 g/mol. The number of aryl methyl sites for hydroxylation is 1. The van der Waals surface area contributed by atoms with Gasteiger partial charge in [0.05, 0.1) is 6.04 Å². The third-order valence-electron chi connectivity index (χ3n) is 3.14. The average molecular weight is 260 g/mol. The number of amides is 1. The first-order chi connectivity index (χ1) is 9.06. The van der Waals surface area contributed by atoms with Crippen LogP contribution in [0, 0.1) is 0 Å². The summed E-state index contributed by atoms with van der Waals surface area (Å²) in [6.45, 7) is 8.22. The van der Waals surface area contributed by atoms with Crippen LogP contribution in [-0.2, 0) is 11.2 Å². The first-order valence-corrected chi connectivity index (χ1v) is 6.77. The Morgan fingerprint density at radius 2 is 2.00 bits per heavy atom. The SMILES string of the molecule is C=CCN(C(=O)C(N)CCc1ccccc1)C(C)C. The van der Waals surface area contributed by atoms with E-state index in [0.29, 0.717) is 13.0 Å². The Kier molecular flexibility index (Phi) is 6.30. The zero-order valence-electron chi connectivity index (χ0n) is 11.9. The van der Waals surface area contributed by atoms with Gasteiger partial charge in [0.2, 0.25) is 5.91 Å². The maximum absolute atomic E-state index is 12.2. The molecule has 3 nitrogen and oxygen atoms in total. The van der Waals surface area contributed by atoms with E-state index in [2.05, 4.69) is 18.7 Å². The fourth-order valence-electron chi connectivity index (χ4n) is 2.00. The summed E-state index contributed by atoms with van der Waals surface area (Å²) >= 11 is 0. The fraction of sp³-hybridized carbons (Fsp3) is 0.438. The average Bonchev–Trinajstić information content (AvgIpc) is 2.42. The van der Waals surface area contributed by atoms with E-state index in [1.165, 1.54) is 5.56 Å². The van der Waals surface area contributed by atoms with E-state index >= 15 is 0 Å². The van der Waals surface area contributed by atoms with Gasteiger partial charge in [-0.05, 0) is 32.3 Å². The monoisotopic (exact) mass is 260 g/mol. The maximum Gasteiger partial charge on any atom is 0.240 e. The minimum Gasteiger partial charge on any atom is -0.335 e. The summed E-state index contributed by atoms with van der Waals surface area (Å²) in [6, 6.07) is 9.80. The molecule has 1 aromatic rings. The van der Waals surface area contributed by atoms with Crippen molar-refractivity contribution in [2.75, 3.05) is 6.54 Å². The van der Waals surface area contributed by atoms with Crippen molar-refractivity contribution in [2.45, 2.75) is 38.8 Å². The molecule has 1 amide bonds. The number of nitrogens with two attached hydrogens (primary N) is 1. The number of carbonyl (C=O) groups excluding carboxylic acids is 1. The minimum absolute atomic E-state index is 0.00540. The van der Waals surface area contributed by atoms with E-state index in [4.69, 9.17) is 5.73 Å². The zero-order chi connectivity index (χ0) is 14.3. The standard InChI is InChI=1S/C16H24N2O/c1-4-12-18(13(2)3)16(19)15(17)11-10-14-8-6-5-7-9-14/h4-9,13,15H,1,10-12,17H2,2-3H3. The molecule has 0 aliphatic carbocycles. The van der Waals surface area contributed by atoms with Crippen molar-refractivity contribution in [2.24, 2.45) is 5.73 Å². The predicted molar refractivity (Wildman–Crippen MR) is 79.8 cm³/mol. The molecule has 0 saturated carbocycles. The van der Waals surface area contributed by atoms with Gasteiger partial charge in [-0.1, -0.05) is 36.4 Å². The van der Waals surface area contributed by atoms with Gasteiger partial charge in [-0.3, -0.25) is 4.79 Å². The number of rotatable bonds is 7. The molecule has 0 aliphatic rings. The van der Waals surface area contributed by atoms with Crippen LogP contribution in [0.25, 0.3) is 0 Å². The molecule has 0 heterocycles. The molecule has 0 bridgehead atoms. The third-order valence-corrected chi connectivity index (χ3v) is 3.14. The van der Waals surface area contributed by atoms with Crippen molar-refractivity contribution in [1.82, 2.24) is 4.90 Å². The van der Waals surface area contributed by atoms with Crippen molar-refractivity contribution >= 4 is 5.91 Å². The molecule has 0 fully saturated rings. The molecule has 104 valence electrons. The molecule has 0 spiro atoms. The molecular formula is C16H24N2O. The number of carbonyl (C=O) groups is 1. The van der Waals surface area contributed by atoms with Gasteiger partial charge in [0.15, 0.2) is 0 Å². The van der Waals surface area contributed by atoms with Crippen molar-refractivity contribution in [3.05, 3.63) is 48.6 Å². The lowest BCUT2D eigenvalue weighted by Gasteiger charge is -2.28. The number of hydrogen-bond donors (Lipinski definition) is 1. The highest BCUT2D eigenvalue weighted by Gasteiger charge is 2.21. The Bertz CT molecular complexity index is 400. The highest BCUT2D eigenvalue weighted by molar-refractivity contribution is 5.82. The Morgan fingerprint density at radius 3 is 2.53 bits per heavy atom. The summed E-state index contributed by atoms with van der Waals surface area (Å²) in [4.78, 5) is 14.0. The molecule has 0 radical (unpaired) electrons. The summed E-state index contributed by atoms with van der Waals surface area (Å²) in [6.07, 6.45) is 3.23. The molecule has 1 unspecified atom stereocenters. The molecule has 0 saturated heterocycles. The van der Waals surface area contributed by atoms with Crippen LogP contribution < -0.4 is 5.73 Å². The number of nitrogens with zero attached hydrogens (tertiary/aromatic N) is 1. The molecule has 3 heteroatoms. The van der Waals surface area contributed by atoms with Gasteiger partial charge < -0.3 is 10.6 Å². The van der Waals surface area contributed by atoms with E-state index < -0.39 is 6.04 Å². The molecule has 0 aliphatic heterocycles. The Hall–Kier alpha value is -1.61. The van der Waals surface area contributed by atoms with Crippen molar-refractivity contribution < 1.29 is 4.79 Å². The van der Waals surface area contributed by atoms with E-state index in [-0.39, 0.29) is 11.9 Å². The smallest absolute Gasteiger partial charge is 0.240 e. The van der Waals surface area contributed by atoms with E-state index in [9.17, 15) is 4.79 Å². The van der Waals surface area contributed by atoms with E-state index in [1.807, 2.05) is 32.0 Å². The van der Waals surface area contributed by atoms with E-state index in [1.54, 1.807) is 11.0 Å². The topological polar surface area (TPSA) is 46.3 Å². The lowest BCUT2D eigenvalue weighted by molar-refractivity contribution is -0.133. The Labute approximate surface area is 116 Å². The Balaban J connectivity index is 2.54. The van der Waals surface area contributed by atoms with E-state index in [0.717, 1.165) is 6.42 Å². The van der Waals surface area contributed by atoms with Gasteiger partial charge in [-0.15, -0.1) is 6.58 Å². The summed E-state index contributed by atoms with van der Waals surface area (Å²) in [5.41, 5.74) is 7.22. The summed E-state index contributed by atoms with van der Waals surface area (Å²) < 4.78 is 0. The number of benzene rings is 1. The third kappa shape index (κ3) is 4.87. The van der Waals surface area contributed by atoms with Crippen LogP contribution >= 0.6 is 0 Å². The molecule has 1 rings (SSSR count). The first-order valence-electron chi connectivity index (χ1n) is 6.77. The second-order valence-electron chi connectivity index (χ2n) is 5.00. The van der Waals surface area contributed by atoms with Gasteiger partial charge in [-0.2, -0.15) is 0 Å². The summed E-state index contributed by atoms with van der Waals surface area (Å²) in [5, 5.41) is 0. The molecule has 2 N–H and O–H groups in total. The second-order valence-corrected chi connectivity index (χ2v) is 5.00. The largest absolute Gasteiger partial charge is 0.335 e. The highest BCUT2D eigenvalue weighted by Crippen LogP contribution is 2.08. The molecule has 1 atom stereocenters. The fourth-order valence-corrected chi connectivity index (χ4v) is 2.00. The predicted octanol–water partition coefficient (Wildman–Crippen LogP) is 2.37. The first kappa shape index (κ1) is 15.4. The van der Waals surface area contributed by atoms with Gasteiger partial charge in [0, 0.05) is 12.6 Å². The van der Waals surface area contributed by atoms with Crippen LogP contribution in [0.15, 0.2) is 43.0 Å². The van der Waals surface area contributed by atoms with Crippen LogP contribution in [0.5, 0.6) is 0 Å². The quantitative estimate of drug-likeness (QED) is 0.765. The van der Waals surface area contributed by atoms with Crippen LogP contribution in [0.3, 0.4) is 0 Å². The maximum atomic E-state index is 12.2. The second kappa shape index (κ2) is 7.74. The summed E-state index contributed by atoms with van der Waals surface area (Å²) in [7, 11) is 0. The van der Waals surface area contributed by atoms with Crippen LogP contribution in [-0.4, -0.2) is 29.4 Å². The zero-order valence-corrected chi connectivity index (χ0v) is 11.9. The summed E-state index contributed by atoms with van der Waals surface area (Å²) in [5.74, 6) is 0.00540. The normalized spacial score (nSPS) is 12.2. The van der Waals surface area contributed by atoms with Gasteiger partial charge in [0.25, 0.3) is 0 Å². The van der Waals surface area contributed by atoms with Crippen LogP contribution in [0.2, 0.25) is 0 Å². The van der Waals surface area contributed by atoms with Crippen molar-refractivity contribution in [3.63, 3.8) is 0 Å². The van der Waals surface area contributed by atoms with Crippen molar-refractivity contribution in [3.8, 4) is 0 Å². The molecule has 0 aromatic heterocycles. The van der Waals surface area contributed by atoms with Crippen LogP contribution in [0.1, 0.15) is 25.8 Å². The van der Waals surface area contributed by atoms with Gasteiger partial charge in [-0.25, -0.2) is 0 Å². The Morgan fingerprint density at radius 1 is 1.37 bits per heavy atom. The minimum atomic E-state index is -0.442.